The van der Waals surface area contributed by atoms with Gasteiger partial charge in [0.05, 0.1) is 16.1 Å². The third-order valence-electron chi connectivity index (χ3n) is 2.77. The maximum atomic E-state index is 13.3. The maximum Gasteiger partial charge on any atom is 0.142 e. The molecule has 0 radical (unpaired) electrons. The van der Waals surface area contributed by atoms with Crippen LogP contribution in [0.1, 0.15) is 17.2 Å². The summed E-state index contributed by atoms with van der Waals surface area (Å²) >= 11 is 15.1. The molecule has 19 heavy (non-hydrogen) atoms. The summed E-state index contributed by atoms with van der Waals surface area (Å²) in [4.78, 5) is 0. The molecule has 0 aliphatic heterocycles. The topological polar surface area (TPSA) is 20.2 Å². The number of rotatable bonds is 3. The lowest BCUT2D eigenvalue weighted by molar-refractivity contribution is 0.178. The second-order valence-corrected chi connectivity index (χ2v) is 5.75. The lowest BCUT2D eigenvalue weighted by Crippen LogP contribution is -2.03. The number of aliphatic hydroxyl groups is 1. The Morgan fingerprint density at radius 2 is 1.95 bits per heavy atom. The molecule has 0 saturated heterocycles. The molecular weight excluding hydrogens is 354 g/mol. The van der Waals surface area contributed by atoms with Crippen LogP contribution in [-0.4, -0.2) is 5.11 Å². The van der Waals surface area contributed by atoms with Crippen molar-refractivity contribution < 1.29 is 9.50 Å². The van der Waals surface area contributed by atoms with Crippen LogP contribution in [-0.2, 0) is 6.42 Å². The van der Waals surface area contributed by atoms with Crippen molar-refractivity contribution in [2.24, 2.45) is 0 Å². The van der Waals surface area contributed by atoms with E-state index in [-0.39, 0.29) is 11.4 Å². The molecule has 0 spiro atoms. The zero-order valence-corrected chi connectivity index (χ0v) is 12.8. The summed E-state index contributed by atoms with van der Waals surface area (Å²) in [7, 11) is 0. The number of halogens is 4. The Kier molecular flexibility index (Phi) is 4.85. The first-order chi connectivity index (χ1) is 8.99. The molecule has 5 heteroatoms. The standard InChI is InChI=1S/C14H10BrCl2FO/c15-10-6-8(4-5-11(10)16)13(19)7-9-2-1-3-12(18)14(9)17/h1-6,13,19H,7H2. The highest BCUT2D eigenvalue weighted by atomic mass is 79.9. The fourth-order valence-electron chi connectivity index (χ4n) is 1.75. The van der Waals surface area contributed by atoms with Gasteiger partial charge in [0, 0.05) is 10.9 Å². The van der Waals surface area contributed by atoms with Crippen LogP contribution >= 0.6 is 39.1 Å². The second kappa shape index (κ2) is 6.23. The minimum atomic E-state index is -0.770. The minimum Gasteiger partial charge on any atom is -0.388 e. The number of hydrogen-bond donors (Lipinski definition) is 1. The van der Waals surface area contributed by atoms with Crippen molar-refractivity contribution in [3.63, 3.8) is 0 Å². The van der Waals surface area contributed by atoms with Crippen LogP contribution in [0, 0.1) is 5.82 Å². The molecular formula is C14H10BrCl2FO. The van der Waals surface area contributed by atoms with Gasteiger partial charge in [-0.25, -0.2) is 4.39 Å². The van der Waals surface area contributed by atoms with E-state index in [4.69, 9.17) is 23.2 Å². The van der Waals surface area contributed by atoms with E-state index >= 15 is 0 Å². The van der Waals surface area contributed by atoms with Gasteiger partial charge in [-0.1, -0.05) is 41.4 Å². The minimum absolute atomic E-state index is 0.0505. The van der Waals surface area contributed by atoms with Gasteiger partial charge in [-0.2, -0.15) is 0 Å². The summed E-state index contributed by atoms with van der Waals surface area (Å²) in [5.41, 5.74) is 1.26. The van der Waals surface area contributed by atoms with E-state index in [0.717, 1.165) is 0 Å². The van der Waals surface area contributed by atoms with Crippen LogP contribution < -0.4 is 0 Å². The molecule has 0 amide bonds. The summed E-state index contributed by atoms with van der Waals surface area (Å²) in [5.74, 6) is -0.483. The first-order valence-corrected chi connectivity index (χ1v) is 7.10. The molecule has 2 aromatic carbocycles. The Morgan fingerprint density at radius 1 is 1.21 bits per heavy atom. The summed E-state index contributed by atoms with van der Waals surface area (Å²) < 4.78 is 14.0. The van der Waals surface area contributed by atoms with Gasteiger partial charge in [0.2, 0.25) is 0 Å². The van der Waals surface area contributed by atoms with Crippen molar-refractivity contribution in [2.45, 2.75) is 12.5 Å². The molecule has 1 atom stereocenters. The molecule has 0 heterocycles. The Hall–Kier alpha value is -0.610. The van der Waals surface area contributed by atoms with Crippen LogP contribution in [0.3, 0.4) is 0 Å². The van der Waals surface area contributed by atoms with Crippen molar-refractivity contribution in [3.8, 4) is 0 Å². The summed E-state index contributed by atoms with van der Waals surface area (Å²) in [6.45, 7) is 0. The first-order valence-electron chi connectivity index (χ1n) is 5.55. The van der Waals surface area contributed by atoms with Gasteiger partial charge in [-0.15, -0.1) is 0 Å². The van der Waals surface area contributed by atoms with Gasteiger partial charge in [0.1, 0.15) is 5.82 Å². The van der Waals surface area contributed by atoms with E-state index in [1.54, 1.807) is 30.3 Å². The highest BCUT2D eigenvalue weighted by molar-refractivity contribution is 9.10. The zero-order valence-electron chi connectivity index (χ0n) is 9.71. The first kappa shape index (κ1) is 14.8. The van der Waals surface area contributed by atoms with Crippen molar-refractivity contribution >= 4 is 39.1 Å². The van der Waals surface area contributed by atoms with Crippen LogP contribution in [0.25, 0.3) is 0 Å². The fourth-order valence-corrected chi connectivity index (χ4v) is 2.47. The molecule has 2 rings (SSSR count). The summed E-state index contributed by atoms with van der Waals surface area (Å²) in [6, 6.07) is 9.71. The molecule has 1 unspecified atom stereocenters. The van der Waals surface area contributed by atoms with E-state index < -0.39 is 11.9 Å². The molecule has 0 bridgehead atoms. The second-order valence-electron chi connectivity index (χ2n) is 4.11. The summed E-state index contributed by atoms with van der Waals surface area (Å²) in [5, 5.41) is 10.8. The Labute approximate surface area is 129 Å². The van der Waals surface area contributed by atoms with E-state index in [1.807, 2.05) is 0 Å². The quantitative estimate of drug-likeness (QED) is 0.797. The van der Waals surface area contributed by atoms with Gasteiger partial charge in [0.25, 0.3) is 0 Å². The smallest absolute Gasteiger partial charge is 0.142 e. The highest BCUT2D eigenvalue weighted by Gasteiger charge is 2.13. The lowest BCUT2D eigenvalue weighted by Gasteiger charge is -2.13. The molecule has 100 valence electrons. The van der Waals surface area contributed by atoms with Crippen LogP contribution in [0.5, 0.6) is 0 Å². The van der Waals surface area contributed by atoms with Crippen LogP contribution in [0.4, 0.5) is 4.39 Å². The van der Waals surface area contributed by atoms with E-state index in [9.17, 15) is 9.50 Å². The Balaban J connectivity index is 2.23. The normalized spacial score (nSPS) is 12.5. The molecule has 1 nitrogen and oxygen atoms in total. The van der Waals surface area contributed by atoms with Crippen molar-refractivity contribution in [1.82, 2.24) is 0 Å². The van der Waals surface area contributed by atoms with Gasteiger partial charge in [-0.05, 0) is 45.3 Å². The molecule has 0 aliphatic rings. The van der Waals surface area contributed by atoms with E-state index in [2.05, 4.69) is 15.9 Å². The molecule has 0 fully saturated rings. The molecule has 0 aliphatic carbocycles. The molecule has 2 aromatic rings. The average molecular weight is 364 g/mol. The predicted octanol–water partition coefficient (Wildman–Crippen LogP) is 5.17. The third kappa shape index (κ3) is 3.48. The van der Waals surface area contributed by atoms with Gasteiger partial charge in [-0.3, -0.25) is 0 Å². The molecule has 0 aromatic heterocycles. The van der Waals surface area contributed by atoms with Crippen molar-refractivity contribution in [2.75, 3.05) is 0 Å². The number of aliphatic hydroxyl groups excluding tert-OH is 1. The van der Waals surface area contributed by atoms with Crippen molar-refractivity contribution in [1.29, 1.82) is 0 Å². The molecule has 1 N–H and O–H groups in total. The summed E-state index contributed by atoms with van der Waals surface area (Å²) in [6.07, 6.45) is -0.530. The third-order valence-corrected chi connectivity index (χ3v) is 4.41. The van der Waals surface area contributed by atoms with Gasteiger partial charge >= 0.3 is 0 Å². The maximum absolute atomic E-state index is 13.3. The SMILES string of the molecule is OC(Cc1cccc(F)c1Cl)c1ccc(Cl)c(Br)c1. The largest absolute Gasteiger partial charge is 0.388 e. The predicted molar refractivity (Wildman–Crippen MR) is 79.2 cm³/mol. The lowest BCUT2D eigenvalue weighted by atomic mass is 10.0. The average Bonchev–Trinajstić information content (AvgIpc) is 2.38. The monoisotopic (exact) mass is 362 g/mol. The number of benzene rings is 2. The van der Waals surface area contributed by atoms with Crippen molar-refractivity contribution in [3.05, 3.63) is 67.9 Å². The van der Waals surface area contributed by atoms with Crippen LogP contribution in [0.15, 0.2) is 40.9 Å². The van der Waals surface area contributed by atoms with Gasteiger partial charge < -0.3 is 5.11 Å². The zero-order chi connectivity index (χ0) is 14.0. The number of hydrogen-bond acceptors (Lipinski definition) is 1. The fraction of sp³-hybridized carbons (Fsp3) is 0.143. The van der Waals surface area contributed by atoms with Crippen LogP contribution in [0.2, 0.25) is 10.0 Å². The Bertz CT molecular complexity index is 604. The van der Waals surface area contributed by atoms with E-state index in [1.165, 1.54) is 6.07 Å². The Morgan fingerprint density at radius 3 is 2.63 bits per heavy atom. The van der Waals surface area contributed by atoms with E-state index in [0.29, 0.717) is 20.6 Å². The van der Waals surface area contributed by atoms with Gasteiger partial charge in [0.15, 0.2) is 0 Å². The molecule has 0 saturated carbocycles. The highest BCUT2D eigenvalue weighted by Crippen LogP contribution is 2.29.